The summed E-state index contributed by atoms with van der Waals surface area (Å²) in [6.07, 6.45) is 4.71. The van der Waals surface area contributed by atoms with Crippen molar-refractivity contribution in [3.8, 4) is 0 Å². The molecule has 0 aromatic heterocycles. The molecule has 45 heavy (non-hydrogen) atoms. The second kappa shape index (κ2) is 13.1. The monoisotopic (exact) mass is 670 g/mol. The molecule has 0 aromatic rings. The van der Waals surface area contributed by atoms with Gasteiger partial charge in [-0.1, -0.05) is 57.0 Å². The highest BCUT2D eigenvalue weighted by Gasteiger charge is 2.70. The smallest absolute Gasteiger partial charge is 0.336 e. The van der Waals surface area contributed by atoms with Gasteiger partial charge in [0.05, 0.1) is 17.6 Å². The average Bonchev–Trinajstić information content (AvgIpc) is 3.19. The molecule has 0 unspecified atom stereocenters. The minimum absolute atomic E-state index is 0.0255. The zero-order chi connectivity index (χ0) is 33.7. The first-order chi connectivity index (χ1) is 20.8. The largest absolute Gasteiger partial charge is 0.458 e. The first-order valence-electron chi connectivity index (χ1n) is 16.4. The number of allylic oxidation sites excluding steroid dienone is 1. The van der Waals surface area contributed by atoms with E-state index in [1.165, 1.54) is 6.92 Å². The van der Waals surface area contributed by atoms with E-state index in [1.54, 1.807) is 26.8 Å². The lowest BCUT2D eigenvalue weighted by Gasteiger charge is -2.69. The third-order valence-corrected chi connectivity index (χ3v) is 12.6. The number of fused-ring (bicyclic) bond motifs is 5. The fourth-order valence-corrected chi connectivity index (χ4v) is 10.3. The molecule has 4 aliphatic rings. The maximum absolute atomic E-state index is 13.8. The number of hydrogen-bond acceptors (Lipinski definition) is 8. The van der Waals surface area contributed by atoms with Crippen molar-refractivity contribution >= 4 is 41.1 Å². The van der Waals surface area contributed by atoms with Gasteiger partial charge >= 0.3 is 17.9 Å². The predicted molar refractivity (Wildman–Crippen MR) is 172 cm³/mol. The van der Waals surface area contributed by atoms with Crippen molar-refractivity contribution in [2.24, 2.45) is 45.3 Å². The first-order valence-corrected chi connectivity index (χ1v) is 17.1. The lowest BCUT2D eigenvalue weighted by molar-refractivity contribution is -0.234. The van der Waals surface area contributed by atoms with Crippen molar-refractivity contribution in [1.82, 2.24) is 0 Å². The molecule has 0 amide bonds. The van der Waals surface area contributed by atoms with E-state index < -0.39 is 47.7 Å². The summed E-state index contributed by atoms with van der Waals surface area (Å²) in [6.45, 7) is 14.9. The normalized spacial score (nSPS) is 40.3. The fourth-order valence-electron chi connectivity index (χ4n) is 10.0. The minimum atomic E-state index is -0.767. The highest BCUT2D eigenvalue weighted by molar-refractivity contribution is 6.55. The van der Waals surface area contributed by atoms with E-state index in [-0.39, 0.29) is 45.6 Å². The van der Waals surface area contributed by atoms with Crippen LogP contribution in [0.1, 0.15) is 107 Å². The number of esters is 3. The van der Waals surface area contributed by atoms with Crippen molar-refractivity contribution in [2.45, 2.75) is 125 Å². The predicted octanol–water partition coefficient (Wildman–Crippen LogP) is 7.02. The summed E-state index contributed by atoms with van der Waals surface area (Å²) in [5, 5.41) is 22.9. The molecule has 8 nitrogen and oxygen atoms in total. The van der Waals surface area contributed by atoms with Gasteiger partial charge in [-0.25, -0.2) is 4.79 Å². The Bertz CT molecular complexity index is 1230. The lowest BCUT2D eigenvalue weighted by Crippen LogP contribution is -2.65. The first kappa shape index (κ1) is 36.2. The number of carbonyl (C=O) groups excluding carboxylic acids is 3. The van der Waals surface area contributed by atoms with Crippen LogP contribution < -0.4 is 0 Å². The standard InChI is InChI=1S/C35H52Cl2O8/c1-19-22-12-15-34(7)29(33(22,6)14-13-24(19)39)25(40)16-23-28(26(45-20(2)38)17-35(23,34)8)21(10-9-11-27(36)37)30(41)43-18-44-31(42)32(3,4)5/h11,19,22-26,29,39-40H,9-10,12-18H2,1-8H3/b28-21-/t19-,22-,23-,24+,25+,26-,29-,33-,34-,35-/m0/s1. The Kier molecular flexibility index (Phi) is 10.6. The number of hydrogen-bond donors (Lipinski definition) is 2. The van der Waals surface area contributed by atoms with E-state index >= 15 is 0 Å². The van der Waals surface area contributed by atoms with Crippen LogP contribution in [0.5, 0.6) is 0 Å². The van der Waals surface area contributed by atoms with Crippen LogP contribution in [0.15, 0.2) is 21.7 Å². The van der Waals surface area contributed by atoms with Gasteiger partial charge in [-0.05, 0) is 118 Å². The fraction of sp³-hybridized carbons (Fsp3) is 0.800. The second-order valence-corrected chi connectivity index (χ2v) is 16.8. The highest BCUT2D eigenvalue weighted by Crippen LogP contribution is 2.74. The highest BCUT2D eigenvalue weighted by atomic mass is 35.5. The van der Waals surface area contributed by atoms with Crippen molar-refractivity contribution < 1.29 is 38.8 Å². The molecule has 0 bridgehead atoms. The Morgan fingerprint density at radius 3 is 2.27 bits per heavy atom. The summed E-state index contributed by atoms with van der Waals surface area (Å²) in [5.41, 5.74) is -0.683. The Labute approximate surface area is 278 Å². The zero-order valence-corrected chi connectivity index (χ0v) is 29.6. The molecule has 10 heteroatoms. The van der Waals surface area contributed by atoms with Crippen LogP contribution in [0.3, 0.4) is 0 Å². The van der Waals surface area contributed by atoms with Crippen molar-refractivity contribution in [3.05, 3.63) is 21.7 Å². The summed E-state index contributed by atoms with van der Waals surface area (Å²) in [7, 11) is 0. The SMILES string of the molecule is CC(=O)O[C@H]1C[C@@]2(C)[C@@H](C[C@@H](O)[C@H]3[C@@]4(C)CC[C@@H](O)[C@@H](C)[C@@H]4CC[C@@]32C)/C1=C(\CCC=C(Cl)Cl)C(=O)OCOC(=O)C(C)(C)C. The van der Waals surface area contributed by atoms with Gasteiger partial charge < -0.3 is 24.4 Å². The lowest BCUT2D eigenvalue weighted by atomic mass is 9.36. The molecule has 4 rings (SSSR count). The Morgan fingerprint density at radius 2 is 1.67 bits per heavy atom. The van der Waals surface area contributed by atoms with E-state index in [0.29, 0.717) is 42.7 Å². The second-order valence-electron chi connectivity index (χ2n) is 15.8. The average molecular weight is 672 g/mol. The third-order valence-electron chi connectivity index (χ3n) is 12.3. The molecule has 0 aromatic carbocycles. The number of halogens is 2. The Hall–Kier alpha value is -1.61. The quantitative estimate of drug-likeness (QED) is 0.168. The van der Waals surface area contributed by atoms with Gasteiger partial charge in [0, 0.05) is 12.5 Å². The van der Waals surface area contributed by atoms with Crippen LogP contribution in [0.25, 0.3) is 0 Å². The molecule has 10 atom stereocenters. The molecular weight excluding hydrogens is 619 g/mol. The minimum Gasteiger partial charge on any atom is -0.458 e. The van der Waals surface area contributed by atoms with E-state index in [4.69, 9.17) is 37.4 Å². The third kappa shape index (κ3) is 6.60. The summed E-state index contributed by atoms with van der Waals surface area (Å²) >= 11 is 11.8. The molecular formula is C35H52Cl2O8. The van der Waals surface area contributed by atoms with Crippen molar-refractivity contribution in [3.63, 3.8) is 0 Å². The van der Waals surface area contributed by atoms with Crippen LogP contribution in [0.4, 0.5) is 0 Å². The van der Waals surface area contributed by atoms with Gasteiger partial charge in [-0.3, -0.25) is 9.59 Å². The summed E-state index contributed by atoms with van der Waals surface area (Å²) in [5.74, 6) is -1.47. The number of carbonyl (C=O) groups is 3. The van der Waals surface area contributed by atoms with Crippen molar-refractivity contribution in [2.75, 3.05) is 6.79 Å². The molecule has 0 heterocycles. The maximum Gasteiger partial charge on any atom is 0.336 e. The van der Waals surface area contributed by atoms with Gasteiger partial charge in [-0.15, -0.1) is 0 Å². The molecule has 0 aliphatic heterocycles. The summed E-state index contributed by atoms with van der Waals surface area (Å²) < 4.78 is 16.8. The van der Waals surface area contributed by atoms with Crippen LogP contribution in [-0.2, 0) is 28.6 Å². The number of rotatable bonds is 7. The van der Waals surface area contributed by atoms with Crippen LogP contribution in [-0.4, -0.2) is 53.2 Å². The summed E-state index contributed by atoms with van der Waals surface area (Å²) in [4.78, 5) is 38.6. The molecule has 4 fully saturated rings. The van der Waals surface area contributed by atoms with Gasteiger partial charge in [-0.2, -0.15) is 0 Å². The van der Waals surface area contributed by atoms with Crippen LogP contribution in [0, 0.1) is 45.3 Å². The van der Waals surface area contributed by atoms with E-state index in [1.807, 2.05) is 0 Å². The molecule has 254 valence electrons. The zero-order valence-electron chi connectivity index (χ0n) is 28.1. The van der Waals surface area contributed by atoms with Gasteiger partial charge in [0.15, 0.2) is 0 Å². The Morgan fingerprint density at radius 1 is 1.00 bits per heavy atom. The van der Waals surface area contributed by atoms with Crippen LogP contribution >= 0.6 is 23.2 Å². The molecule has 0 spiro atoms. The van der Waals surface area contributed by atoms with Gasteiger partial charge in [0.25, 0.3) is 0 Å². The summed E-state index contributed by atoms with van der Waals surface area (Å²) in [6, 6.07) is 0. The topological polar surface area (TPSA) is 119 Å². The van der Waals surface area contributed by atoms with Crippen molar-refractivity contribution in [1.29, 1.82) is 0 Å². The number of aliphatic hydroxyl groups is 2. The number of aliphatic hydroxyl groups excluding tert-OH is 2. The number of ether oxygens (including phenoxy) is 3. The molecule has 4 aliphatic carbocycles. The molecule has 2 N–H and O–H groups in total. The molecule has 0 radical (unpaired) electrons. The maximum atomic E-state index is 13.8. The van der Waals surface area contributed by atoms with Gasteiger partial charge in [0.2, 0.25) is 6.79 Å². The molecule has 4 saturated carbocycles. The van der Waals surface area contributed by atoms with E-state index in [9.17, 15) is 24.6 Å². The van der Waals surface area contributed by atoms with E-state index in [0.717, 1.165) is 19.3 Å². The van der Waals surface area contributed by atoms with E-state index in [2.05, 4.69) is 27.7 Å². The van der Waals surface area contributed by atoms with Crippen LogP contribution in [0.2, 0.25) is 0 Å². The van der Waals surface area contributed by atoms with Gasteiger partial charge in [0.1, 0.15) is 10.6 Å². The Balaban J connectivity index is 1.78. The molecule has 0 saturated heterocycles.